The van der Waals surface area contributed by atoms with E-state index in [-0.39, 0.29) is 18.7 Å². The maximum absolute atomic E-state index is 11.9. The summed E-state index contributed by atoms with van der Waals surface area (Å²) in [6.07, 6.45) is 2.54. The fourth-order valence-corrected chi connectivity index (χ4v) is 2.28. The normalized spacial score (nSPS) is 12.2. The first-order chi connectivity index (χ1) is 8.22. The first-order valence-corrected chi connectivity index (χ1v) is 6.66. The number of thiazole rings is 1. The molecule has 1 aromatic heterocycles. The van der Waals surface area contributed by atoms with Crippen molar-refractivity contribution >= 4 is 17.4 Å². The summed E-state index contributed by atoms with van der Waals surface area (Å²) in [5.74, 6) is 0. The molecule has 0 aromatic carbocycles. The highest BCUT2D eigenvalue weighted by Crippen LogP contribution is 2.18. The van der Waals surface area contributed by atoms with Gasteiger partial charge in [-0.3, -0.25) is 0 Å². The monoisotopic (exact) mass is 257 g/mol. The number of amides is 2. The van der Waals surface area contributed by atoms with Gasteiger partial charge in [0.25, 0.3) is 0 Å². The lowest BCUT2D eigenvalue weighted by atomic mass is 10.2. The molecule has 0 saturated carbocycles. The fourth-order valence-electron chi connectivity index (χ4n) is 1.51. The maximum Gasteiger partial charge on any atom is 0.318 e. The minimum absolute atomic E-state index is 0.0185. The summed E-state index contributed by atoms with van der Waals surface area (Å²) in [6.45, 7) is 4.82. The Kier molecular flexibility index (Phi) is 5.93. The van der Waals surface area contributed by atoms with Crippen LogP contribution in [-0.2, 0) is 0 Å². The molecule has 6 heteroatoms. The van der Waals surface area contributed by atoms with Crippen molar-refractivity contribution in [3.05, 3.63) is 16.6 Å². The largest absolute Gasteiger partial charge is 0.395 e. The van der Waals surface area contributed by atoms with Gasteiger partial charge in [-0.15, -0.1) is 11.3 Å². The smallest absolute Gasteiger partial charge is 0.318 e. The molecule has 1 atom stereocenters. The molecule has 0 radical (unpaired) electrons. The van der Waals surface area contributed by atoms with Crippen LogP contribution in [0.25, 0.3) is 0 Å². The van der Waals surface area contributed by atoms with Crippen LogP contribution in [-0.4, -0.2) is 40.7 Å². The highest BCUT2D eigenvalue weighted by molar-refractivity contribution is 7.09. The van der Waals surface area contributed by atoms with E-state index < -0.39 is 0 Å². The number of carbonyl (C=O) groups is 1. The van der Waals surface area contributed by atoms with Crippen LogP contribution in [0.2, 0.25) is 0 Å². The molecule has 1 rings (SSSR count). The van der Waals surface area contributed by atoms with E-state index in [2.05, 4.69) is 10.3 Å². The molecule has 5 nitrogen and oxygen atoms in total. The van der Waals surface area contributed by atoms with E-state index in [1.807, 2.05) is 19.2 Å². The number of nitrogens with zero attached hydrogens (tertiary/aromatic N) is 2. The highest BCUT2D eigenvalue weighted by atomic mass is 32.1. The van der Waals surface area contributed by atoms with Gasteiger partial charge < -0.3 is 15.3 Å². The van der Waals surface area contributed by atoms with Crippen LogP contribution < -0.4 is 5.32 Å². The van der Waals surface area contributed by atoms with E-state index in [0.29, 0.717) is 13.1 Å². The van der Waals surface area contributed by atoms with E-state index in [9.17, 15) is 4.79 Å². The van der Waals surface area contributed by atoms with Crippen molar-refractivity contribution in [2.45, 2.75) is 26.3 Å². The van der Waals surface area contributed by atoms with Gasteiger partial charge >= 0.3 is 6.03 Å². The molecule has 0 aliphatic rings. The molecule has 0 saturated heterocycles. The minimum Gasteiger partial charge on any atom is -0.395 e. The number of rotatable bonds is 6. The Bertz CT molecular complexity index is 329. The summed E-state index contributed by atoms with van der Waals surface area (Å²) in [5, 5.41) is 14.6. The molecule has 0 aliphatic heterocycles. The quantitative estimate of drug-likeness (QED) is 0.814. The van der Waals surface area contributed by atoms with Crippen LogP contribution in [0.1, 0.15) is 31.3 Å². The zero-order chi connectivity index (χ0) is 12.7. The Balaban J connectivity index is 2.59. The van der Waals surface area contributed by atoms with Gasteiger partial charge in [-0.25, -0.2) is 9.78 Å². The van der Waals surface area contributed by atoms with Gasteiger partial charge in [0.2, 0.25) is 0 Å². The lowest BCUT2D eigenvalue weighted by molar-refractivity contribution is 0.177. The van der Waals surface area contributed by atoms with Crippen molar-refractivity contribution in [3.63, 3.8) is 0 Å². The Morgan fingerprint density at radius 3 is 2.88 bits per heavy atom. The standard InChI is InChI=1S/C11H19N3O2S/c1-3-9(10-12-5-8-17-10)13-11(16)14(4-2)6-7-15/h5,8-9,15H,3-4,6-7H2,1-2H3,(H,13,16). The van der Waals surface area contributed by atoms with Gasteiger partial charge in [0.15, 0.2) is 0 Å². The minimum atomic E-state index is -0.149. The van der Waals surface area contributed by atoms with Gasteiger partial charge in [0.05, 0.1) is 12.6 Å². The van der Waals surface area contributed by atoms with Crippen molar-refractivity contribution in [2.75, 3.05) is 19.7 Å². The molecule has 0 aliphatic carbocycles. The average molecular weight is 257 g/mol. The number of aliphatic hydroxyl groups is 1. The van der Waals surface area contributed by atoms with Gasteiger partial charge in [-0.2, -0.15) is 0 Å². The third-order valence-electron chi connectivity index (χ3n) is 2.49. The second-order valence-corrected chi connectivity index (χ2v) is 4.51. The van der Waals surface area contributed by atoms with Crippen molar-refractivity contribution in [1.82, 2.24) is 15.2 Å². The highest BCUT2D eigenvalue weighted by Gasteiger charge is 2.18. The number of hydrogen-bond acceptors (Lipinski definition) is 4. The topological polar surface area (TPSA) is 65.5 Å². The number of aliphatic hydroxyl groups excluding tert-OH is 1. The molecule has 0 spiro atoms. The number of carbonyl (C=O) groups excluding carboxylic acids is 1. The molecule has 1 unspecified atom stereocenters. The van der Waals surface area contributed by atoms with Gasteiger partial charge in [0, 0.05) is 24.7 Å². The SMILES string of the molecule is CCC(NC(=O)N(CC)CCO)c1nccs1. The van der Waals surface area contributed by atoms with Crippen molar-refractivity contribution in [2.24, 2.45) is 0 Å². The zero-order valence-electron chi connectivity index (χ0n) is 10.2. The maximum atomic E-state index is 11.9. The van der Waals surface area contributed by atoms with Crippen molar-refractivity contribution in [3.8, 4) is 0 Å². The summed E-state index contributed by atoms with van der Waals surface area (Å²) in [4.78, 5) is 17.7. The molecule has 0 fully saturated rings. The fraction of sp³-hybridized carbons (Fsp3) is 0.636. The summed E-state index contributed by atoms with van der Waals surface area (Å²) < 4.78 is 0. The van der Waals surface area contributed by atoms with Gasteiger partial charge in [-0.1, -0.05) is 6.92 Å². The molecule has 0 bridgehead atoms. The van der Waals surface area contributed by atoms with Gasteiger partial charge in [-0.05, 0) is 13.3 Å². The second kappa shape index (κ2) is 7.24. The summed E-state index contributed by atoms with van der Waals surface area (Å²) in [7, 11) is 0. The lowest BCUT2D eigenvalue weighted by Crippen LogP contribution is -2.42. The predicted octanol–water partition coefficient (Wildman–Crippen LogP) is 1.62. The second-order valence-electron chi connectivity index (χ2n) is 3.58. The molecule has 17 heavy (non-hydrogen) atoms. The number of aromatic nitrogens is 1. The average Bonchev–Trinajstić information content (AvgIpc) is 2.86. The third kappa shape index (κ3) is 3.98. The number of hydrogen-bond donors (Lipinski definition) is 2. The molecule has 96 valence electrons. The first-order valence-electron chi connectivity index (χ1n) is 5.78. The van der Waals surface area contributed by atoms with Crippen LogP contribution in [0.5, 0.6) is 0 Å². The molecular weight excluding hydrogens is 238 g/mol. The van der Waals surface area contributed by atoms with Crippen LogP contribution in [0, 0.1) is 0 Å². The molecule has 1 heterocycles. The summed E-state index contributed by atoms with van der Waals surface area (Å²) >= 11 is 1.54. The van der Waals surface area contributed by atoms with Crippen LogP contribution in [0.15, 0.2) is 11.6 Å². The van der Waals surface area contributed by atoms with Gasteiger partial charge in [0.1, 0.15) is 5.01 Å². The lowest BCUT2D eigenvalue weighted by Gasteiger charge is -2.23. The Morgan fingerprint density at radius 2 is 2.41 bits per heavy atom. The number of urea groups is 1. The Morgan fingerprint density at radius 1 is 1.65 bits per heavy atom. The van der Waals surface area contributed by atoms with E-state index in [0.717, 1.165) is 11.4 Å². The number of nitrogens with one attached hydrogen (secondary N) is 1. The van der Waals surface area contributed by atoms with E-state index in [1.54, 1.807) is 11.1 Å². The third-order valence-corrected chi connectivity index (χ3v) is 3.38. The van der Waals surface area contributed by atoms with Crippen molar-refractivity contribution < 1.29 is 9.90 Å². The van der Waals surface area contributed by atoms with Crippen LogP contribution >= 0.6 is 11.3 Å². The van der Waals surface area contributed by atoms with E-state index in [4.69, 9.17) is 5.11 Å². The van der Waals surface area contributed by atoms with Crippen LogP contribution in [0.4, 0.5) is 4.79 Å². The summed E-state index contributed by atoms with van der Waals surface area (Å²) in [6, 6.07) is -0.196. The molecule has 2 N–H and O–H groups in total. The predicted molar refractivity (Wildman–Crippen MR) is 68.0 cm³/mol. The molecular formula is C11H19N3O2S. The Labute approximate surface area is 105 Å². The van der Waals surface area contributed by atoms with E-state index >= 15 is 0 Å². The van der Waals surface area contributed by atoms with Crippen molar-refractivity contribution in [1.29, 1.82) is 0 Å². The van der Waals surface area contributed by atoms with E-state index in [1.165, 1.54) is 11.3 Å². The number of likely N-dealkylation sites (N-methyl/N-ethyl adjacent to an activating group) is 1. The first kappa shape index (κ1) is 13.9. The molecule has 2 amide bonds. The Hall–Kier alpha value is -1.14. The van der Waals surface area contributed by atoms with Crippen LogP contribution in [0.3, 0.4) is 0 Å². The molecule has 1 aromatic rings. The zero-order valence-corrected chi connectivity index (χ0v) is 11.0. The summed E-state index contributed by atoms with van der Waals surface area (Å²) in [5.41, 5.74) is 0.